The Labute approximate surface area is 149 Å². The van der Waals surface area contributed by atoms with Crippen LogP contribution in [0.5, 0.6) is 17.2 Å². The first-order valence-corrected chi connectivity index (χ1v) is 7.69. The van der Waals surface area contributed by atoms with Gasteiger partial charge in [0.05, 0.1) is 25.3 Å². The molecule has 0 aliphatic carbocycles. The lowest BCUT2D eigenvalue weighted by Crippen LogP contribution is -2.12. The van der Waals surface area contributed by atoms with Crippen molar-refractivity contribution in [3.63, 3.8) is 0 Å². The molecule has 0 radical (unpaired) electrons. The first kappa shape index (κ1) is 17.3. The SMILES string of the molecule is COc1ccc(-c2noc(COc3ccccc3C(N)=O)n2)c(OC)c1. The average molecular weight is 355 g/mol. The van der Waals surface area contributed by atoms with Crippen molar-refractivity contribution in [3.05, 3.63) is 53.9 Å². The Morgan fingerprint density at radius 1 is 1.12 bits per heavy atom. The van der Waals surface area contributed by atoms with E-state index in [4.69, 9.17) is 24.5 Å². The maximum atomic E-state index is 11.4. The van der Waals surface area contributed by atoms with Crippen LogP contribution in [-0.4, -0.2) is 30.3 Å². The number of carbonyl (C=O) groups excluding carboxylic acids is 1. The van der Waals surface area contributed by atoms with Crippen molar-refractivity contribution in [3.8, 4) is 28.6 Å². The van der Waals surface area contributed by atoms with E-state index in [1.54, 1.807) is 56.7 Å². The summed E-state index contributed by atoms with van der Waals surface area (Å²) in [6.45, 7) is -0.00420. The zero-order chi connectivity index (χ0) is 18.5. The minimum absolute atomic E-state index is 0.00420. The molecule has 1 aromatic heterocycles. The Balaban J connectivity index is 1.78. The normalized spacial score (nSPS) is 10.4. The van der Waals surface area contributed by atoms with Gasteiger partial charge in [0.15, 0.2) is 6.61 Å². The minimum Gasteiger partial charge on any atom is -0.497 e. The van der Waals surface area contributed by atoms with Gasteiger partial charge in [-0.15, -0.1) is 0 Å². The van der Waals surface area contributed by atoms with Crippen LogP contribution in [0, 0.1) is 0 Å². The fourth-order valence-electron chi connectivity index (χ4n) is 2.34. The third-order valence-corrected chi connectivity index (χ3v) is 3.62. The van der Waals surface area contributed by atoms with Crippen molar-refractivity contribution in [2.24, 2.45) is 5.73 Å². The van der Waals surface area contributed by atoms with Crippen LogP contribution in [0.2, 0.25) is 0 Å². The molecule has 2 N–H and O–H groups in total. The second-order valence-corrected chi connectivity index (χ2v) is 5.23. The topological polar surface area (TPSA) is 110 Å². The van der Waals surface area contributed by atoms with Crippen LogP contribution in [-0.2, 0) is 6.61 Å². The van der Waals surface area contributed by atoms with Gasteiger partial charge in [-0.25, -0.2) is 0 Å². The fraction of sp³-hybridized carbons (Fsp3) is 0.167. The summed E-state index contributed by atoms with van der Waals surface area (Å²) in [5, 5.41) is 3.94. The van der Waals surface area contributed by atoms with E-state index in [1.165, 1.54) is 0 Å². The number of benzene rings is 2. The van der Waals surface area contributed by atoms with Crippen LogP contribution >= 0.6 is 0 Å². The van der Waals surface area contributed by atoms with Gasteiger partial charge in [-0.1, -0.05) is 17.3 Å². The highest BCUT2D eigenvalue weighted by atomic mass is 16.5. The van der Waals surface area contributed by atoms with Crippen LogP contribution < -0.4 is 19.9 Å². The van der Waals surface area contributed by atoms with Gasteiger partial charge in [0.1, 0.15) is 17.2 Å². The van der Waals surface area contributed by atoms with Crippen molar-refractivity contribution in [2.75, 3.05) is 14.2 Å². The Bertz CT molecular complexity index is 923. The summed E-state index contributed by atoms with van der Waals surface area (Å²) in [6.07, 6.45) is 0. The van der Waals surface area contributed by atoms with Gasteiger partial charge < -0.3 is 24.5 Å². The maximum absolute atomic E-state index is 11.4. The highest BCUT2D eigenvalue weighted by Gasteiger charge is 2.15. The predicted molar refractivity (Wildman–Crippen MR) is 92.1 cm³/mol. The highest BCUT2D eigenvalue weighted by Crippen LogP contribution is 2.31. The Hall–Kier alpha value is -3.55. The van der Waals surface area contributed by atoms with Crippen LogP contribution in [0.3, 0.4) is 0 Å². The number of nitrogens with zero attached hydrogens (tertiary/aromatic N) is 2. The molecule has 0 bridgehead atoms. The fourth-order valence-corrected chi connectivity index (χ4v) is 2.34. The van der Waals surface area contributed by atoms with E-state index in [1.807, 2.05) is 0 Å². The number of ether oxygens (including phenoxy) is 3. The third-order valence-electron chi connectivity index (χ3n) is 3.62. The smallest absolute Gasteiger partial charge is 0.264 e. The van der Waals surface area contributed by atoms with Gasteiger partial charge in [-0.2, -0.15) is 4.98 Å². The minimum atomic E-state index is -0.574. The number of nitrogens with two attached hydrogens (primary N) is 1. The van der Waals surface area contributed by atoms with E-state index >= 15 is 0 Å². The van der Waals surface area contributed by atoms with E-state index < -0.39 is 5.91 Å². The van der Waals surface area contributed by atoms with Crippen molar-refractivity contribution in [1.29, 1.82) is 0 Å². The quantitative estimate of drug-likeness (QED) is 0.693. The summed E-state index contributed by atoms with van der Waals surface area (Å²) in [5.41, 5.74) is 6.26. The lowest BCUT2D eigenvalue weighted by atomic mass is 10.2. The van der Waals surface area contributed by atoms with Crippen molar-refractivity contribution >= 4 is 5.91 Å². The number of rotatable bonds is 7. The molecular formula is C18H17N3O5. The Morgan fingerprint density at radius 2 is 1.92 bits per heavy atom. The molecule has 0 aliphatic heterocycles. The average Bonchev–Trinajstić information content (AvgIpc) is 3.14. The molecule has 3 rings (SSSR count). The lowest BCUT2D eigenvalue weighted by molar-refractivity contribution is 0.0995. The van der Waals surface area contributed by atoms with Crippen LogP contribution in [0.1, 0.15) is 16.2 Å². The van der Waals surface area contributed by atoms with E-state index in [0.717, 1.165) is 0 Å². The van der Waals surface area contributed by atoms with E-state index in [0.29, 0.717) is 28.6 Å². The van der Waals surface area contributed by atoms with Gasteiger partial charge in [-0.05, 0) is 24.3 Å². The van der Waals surface area contributed by atoms with E-state index in [9.17, 15) is 4.79 Å². The summed E-state index contributed by atoms with van der Waals surface area (Å²) >= 11 is 0. The largest absolute Gasteiger partial charge is 0.497 e. The number of carbonyl (C=O) groups is 1. The zero-order valence-electron chi connectivity index (χ0n) is 14.3. The summed E-state index contributed by atoms with van der Waals surface area (Å²) in [6, 6.07) is 11.9. The lowest BCUT2D eigenvalue weighted by Gasteiger charge is -2.07. The number of hydrogen-bond donors (Lipinski definition) is 1. The van der Waals surface area contributed by atoms with Crippen molar-refractivity contribution in [2.45, 2.75) is 6.61 Å². The molecule has 2 aromatic carbocycles. The second-order valence-electron chi connectivity index (χ2n) is 5.23. The predicted octanol–water partition coefficient (Wildman–Crippen LogP) is 2.43. The number of hydrogen-bond acceptors (Lipinski definition) is 7. The molecule has 0 saturated carbocycles. The standard InChI is InChI=1S/C18H17N3O5/c1-23-11-7-8-13(15(9-11)24-2)18-20-16(26-21-18)10-25-14-6-4-3-5-12(14)17(19)22/h3-9H,10H2,1-2H3,(H2,19,22). The van der Waals surface area contributed by atoms with Crippen molar-refractivity contribution < 1.29 is 23.5 Å². The molecule has 8 nitrogen and oxygen atoms in total. The first-order valence-electron chi connectivity index (χ1n) is 7.69. The summed E-state index contributed by atoms with van der Waals surface area (Å²) < 4.78 is 21.3. The van der Waals surface area contributed by atoms with E-state index in [-0.39, 0.29) is 18.1 Å². The summed E-state index contributed by atoms with van der Waals surface area (Å²) in [7, 11) is 3.12. The molecular weight excluding hydrogens is 338 g/mol. The monoisotopic (exact) mass is 355 g/mol. The Kier molecular flexibility index (Phi) is 5.02. The molecule has 1 heterocycles. The number of amides is 1. The van der Waals surface area contributed by atoms with Gasteiger partial charge in [0.2, 0.25) is 5.82 Å². The summed E-state index contributed by atoms with van der Waals surface area (Å²) in [4.78, 5) is 15.7. The van der Waals surface area contributed by atoms with Crippen LogP contribution in [0.15, 0.2) is 47.0 Å². The molecule has 0 unspecified atom stereocenters. The van der Waals surface area contributed by atoms with Gasteiger partial charge in [0, 0.05) is 6.07 Å². The van der Waals surface area contributed by atoms with Crippen LogP contribution in [0.25, 0.3) is 11.4 Å². The molecule has 134 valence electrons. The molecule has 0 fully saturated rings. The third kappa shape index (κ3) is 3.59. The number of primary amides is 1. The summed E-state index contributed by atoms with van der Waals surface area (Å²) in [5.74, 6) is 1.58. The van der Waals surface area contributed by atoms with Gasteiger partial charge in [-0.3, -0.25) is 4.79 Å². The zero-order valence-corrected chi connectivity index (χ0v) is 14.3. The molecule has 0 aliphatic rings. The molecule has 0 spiro atoms. The molecule has 1 amide bonds. The van der Waals surface area contributed by atoms with Crippen molar-refractivity contribution in [1.82, 2.24) is 10.1 Å². The molecule has 26 heavy (non-hydrogen) atoms. The molecule has 8 heteroatoms. The first-order chi connectivity index (χ1) is 12.6. The number of aromatic nitrogens is 2. The molecule has 0 saturated heterocycles. The maximum Gasteiger partial charge on any atom is 0.264 e. The van der Waals surface area contributed by atoms with Crippen LogP contribution in [0.4, 0.5) is 0 Å². The molecule has 0 atom stereocenters. The Morgan fingerprint density at radius 3 is 2.65 bits per heavy atom. The molecule has 3 aromatic rings. The second kappa shape index (κ2) is 7.56. The van der Waals surface area contributed by atoms with Gasteiger partial charge >= 0.3 is 0 Å². The highest BCUT2D eigenvalue weighted by molar-refractivity contribution is 5.95. The van der Waals surface area contributed by atoms with E-state index in [2.05, 4.69) is 10.1 Å². The number of para-hydroxylation sites is 1. The number of methoxy groups -OCH3 is 2. The van der Waals surface area contributed by atoms with Gasteiger partial charge in [0.25, 0.3) is 11.8 Å².